The van der Waals surface area contributed by atoms with Crippen LogP contribution in [0.1, 0.15) is 94.6 Å². The molecule has 0 fully saturated rings. The van der Waals surface area contributed by atoms with Crippen LogP contribution in [0.3, 0.4) is 0 Å². The molecule has 4 aromatic rings. The summed E-state index contributed by atoms with van der Waals surface area (Å²) in [6.45, 7) is 2.27. The summed E-state index contributed by atoms with van der Waals surface area (Å²) in [4.78, 5) is 71.8. The molecule has 3 aromatic carbocycles. The second kappa shape index (κ2) is 23.3. The van der Waals surface area contributed by atoms with Crippen molar-refractivity contribution in [2.24, 2.45) is 5.73 Å². The quantitative estimate of drug-likeness (QED) is 0.0365. The van der Waals surface area contributed by atoms with Crippen LogP contribution in [-0.2, 0) is 35.2 Å². The first-order valence-corrected chi connectivity index (χ1v) is 20.0. The number of hydrogen-bond donors (Lipinski definition) is 8. The number of carboxylic acids is 2. The van der Waals surface area contributed by atoms with Crippen molar-refractivity contribution >= 4 is 58.0 Å². The van der Waals surface area contributed by atoms with Crippen molar-refractivity contribution < 1.29 is 43.4 Å². The predicted molar refractivity (Wildman–Crippen MR) is 222 cm³/mol. The van der Waals surface area contributed by atoms with Crippen molar-refractivity contribution in [3.8, 4) is 11.1 Å². The maximum Gasteiger partial charge on any atom is 0.326 e. The SMILES string of the molecule is Cc1ccc(F)c(CC(=O)Nc2ccc(-c3cccc4[nH]nc(NC(=O)CCCCCCCCCCCNC(=O)C[C@H](N)C(=O)N[C@@H](CCC(=O)O)C(=O)O)c34)cc2)c1. The summed E-state index contributed by atoms with van der Waals surface area (Å²) in [5.74, 6) is -4.23. The zero-order chi connectivity index (χ0) is 42.7. The van der Waals surface area contributed by atoms with Crippen LogP contribution in [0, 0.1) is 12.7 Å². The summed E-state index contributed by atoms with van der Waals surface area (Å²) in [7, 11) is 0. The number of anilines is 2. The topological polar surface area (TPSA) is 246 Å². The Bertz CT molecular complexity index is 2070. The second-order valence-electron chi connectivity index (χ2n) is 14.7. The van der Waals surface area contributed by atoms with E-state index in [9.17, 15) is 38.3 Å². The lowest BCUT2D eigenvalue weighted by molar-refractivity contribution is -0.143. The van der Waals surface area contributed by atoms with Crippen LogP contribution in [-0.4, -0.2) is 74.6 Å². The Hall–Kier alpha value is -6.16. The van der Waals surface area contributed by atoms with Crippen molar-refractivity contribution in [2.75, 3.05) is 17.2 Å². The van der Waals surface area contributed by atoms with Crippen LogP contribution in [0.5, 0.6) is 0 Å². The molecule has 9 N–H and O–H groups in total. The molecule has 0 unspecified atom stereocenters. The van der Waals surface area contributed by atoms with Gasteiger partial charge in [-0.25, -0.2) is 9.18 Å². The third kappa shape index (κ3) is 15.3. The van der Waals surface area contributed by atoms with E-state index in [2.05, 4.69) is 31.5 Å². The van der Waals surface area contributed by atoms with Crippen LogP contribution < -0.4 is 27.0 Å². The van der Waals surface area contributed by atoms with E-state index in [4.69, 9.17) is 10.8 Å². The normalized spacial score (nSPS) is 12.1. The number of nitrogens with zero attached hydrogens (tertiary/aromatic N) is 1. The number of carboxylic acid groups (broad SMARTS) is 2. The van der Waals surface area contributed by atoms with Gasteiger partial charge in [0.1, 0.15) is 11.9 Å². The van der Waals surface area contributed by atoms with Crippen LogP contribution in [0.25, 0.3) is 22.0 Å². The summed E-state index contributed by atoms with van der Waals surface area (Å²) in [6.07, 6.45) is 7.79. The zero-order valence-corrected chi connectivity index (χ0v) is 33.3. The van der Waals surface area contributed by atoms with Crippen molar-refractivity contribution in [2.45, 2.75) is 109 Å². The van der Waals surface area contributed by atoms with E-state index in [1.54, 1.807) is 24.3 Å². The van der Waals surface area contributed by atoms with E-state index >= 15 is 0 Å². The standard InChI is InChI=1S/C43H54FN7O8/c1-27-15-20-32(44)29(24-27)25-38(54)47-30-18-16-28(17-19-30)31-12-11-13-34-40(31)41(51-50-34)49-36(52)14-9-7-5-3-2-4-6-8-10-23-46-37(53)26-33(45)42(57)48-35(43(58)59)21-22-39(55)56/h11-13,15-20,24,33,35H,2-10,14,21-23,25-26,45H2,1H3,(H,46,53)(H,47,54)(H,48,57)(H,55,56)(H,58,59)(H2,49,50,51,52)/t33-,35-/m0/s1. The van der Waals surface area contributed by atoms with Crippen LogP contribution in [0.2, 0.25) is 0 Å². The number of nitrogens with one attached hydrogen (secondary N) is 5. The number of aromatic amines is 1. The smallest absolute Gasteiger partial charge is 0.326 e. The van der Waals surface area contributed by atoms with Gasteiger partial charge in [-0.05, 0) is 67.1 Å². The Kier molecular flexibility index (Phi) is 18.0. The summed E-state index contributed by atoms with van der Waals surface area (Å²) < 4.78 is 14.1. The number of aromatic nitrogens is 2. The minimum absolute atomic E-state index is 0.0747. The fourth-order valence-electron chi connectivity index (χ4n) is 6.59. The third-order valence-electron chi connectivity index (χ3n) is 9.79. The molecular weight excluding hydrogens is 762 g/mol. The number of aliphatic carboxylic acids is 2. The lowest BCUT2D eigenvalue weighted by Gasteiger charge is -2.17. The number of unbranched alkanes of at least 4 members (excludes halogenated alkanes) is 8. The Labute approximate surface area is 342 Å². The number of hydrogen-bond acceptors (Lipinski definition) is 8. The van der Waals surface area contributed by atoms with Crippen LogP contribution >= 0.6 is 0 Å². The average molecular weight is 816 g/mol. The van der Waals surface area contributed by atoms with Crippen molar-refractivity contribution in [3.05, 3.63) is 77.6 Å². The average Bonchev–Trinajstić information content (AvgIpc) is 3.60. The summed E-state index contributed by atoms with van der Waals surface area (Å²) in [5.41, 5.74) is 10.1. The van der Waals surface area contributed by atoms with Crippen LogP contribution in [0.15, 0.2) is 60.7 Å². The fraction of sp³-hybridized carbons (Fsp3) is 0.419. The van der Waals surface area contributed by atoms with Gasteiger partial charge in [-0.15, -0.1) is 0 Å². The predicted octanol–water partition coefficient (Wildman–Crippen LogP) is 5.97. The van der Waals surface area contributed by atoms with E-state index < -0.39 is 48.1 Å². The first-order chi connectivity index (χ1) is 28.3. The molecule has 16 heteroatoms. The summed E-state index contributed by atoms with van der Waals surface area (Å²) in [5, 5.41) is 36.7. The third-order valence-corrected chi connectivity index (χ3v) is 9.79. The molecule has 1 heterocycles. The number of amides is 4. The highest BCUT2D eigenvalue weighted by atomic mass is 19.1. The molecule has 4 amide bonds. The molecule has 1 aromatic heterocycles. The van der Waals surface area contributed by atoms with Crippen molar-refractivity contribution in [1.29, 1.82) is 0 Å². The van der Waals surface area contributed by atoms with Gasteiger partial charge < -0.3 is 37.2 Å². The molecule has 0 aliphatic heterocycles. The van der Waals surface area contributed by atoms with Gasteiger partial charge in [0.25, 0.3) is 0 Å². The Morgan fingerprint density at radius 3 is 2.15 bits per heavy atom. The van der Waals surface area contributed by atoms with Gasteiger partial charge in [-0.2, -0.15) is 5.10 Å². The number of halogens is 1. The van der Waals surface area contributed by atoms with Crippen LogP contribution in [0.4, 0.5) is 15.9 Å². The Morgan fingerprint density at radius 1 is 0.797 bits per heavy atom. The first-order valence-electron chi connectivity index (χ1n) is 20.0. The molecule has 316 valence electrons. The molecule has 0 saturated carbocycles. The molecule has 4 rings (SSSR count). The van der Waals surface area contributed by atoms with Gasteiger partial charge in [0, 0.05) is 25.1 Å². The Balaban J connectivity index is 1.08. The number of rotatable bonds is 25. The summed E-state index contributed by atoms with van der Waals surface area (Å²) >= 11 is 0. The number of H-pyrrole nitrogens is 1. The molecule has 0 radical (unpaired) electrons. The van der Waals surface area contributed by atoms with E-state index in [0.717, 1.165) is 85.4 Å². The lowest BCUT2D eigenvalue weighted by Crippen LogP contribution is -2.50. The molecule has 0 spiro atoms. The number of fused-ring (bicyclic) bond motifs is 1. The minimum atomic E-state index is -1.40. The van der Waals surface area contributed by atoms with Gasteiger partial charge in [-0.1, -0.05) is 86.9 Å². The van der Waals surface area contributed by atoms with E-state index in [1.807, 2.05) is 37.3 Å². The Morgan fingerprint density at radius 2 is 1.47 bits per heavy atom. The number of nitrogens with two attached hydrogens (primary N) is 1. The summed E-state index contributed by atoms with van der Waals surface area (Å²) in [6, 6.07) is 15.1. The second-order valence-corrected chi connectivity index (χ2v) is 14.7. The first kappa shape index (κ1) is 45.5. The van der Waals surface area contributed by atoms with E-state index in [-0.39, 0.29) is 31.1 Å². The minimum Gasteiger partial charge on any atom is -0.481 e. The van der Waals surface area contributed by atoms with Gasteiger partial charge in [0.2, 0.25) is 23.6 Å². The molecule has 15 nitrogen and oxygen atoms in total. The van der Waals surface area contributed by atoms with Crippen molar-refractivity contribution in [3.63, 3.8) is 0 Å². The number of benzene rings is 3. The molecule has 0 saturated heterocycles. The fourth-order valence-corrected chi connectivity index (χ4v) is 6.59. The molecular formula is C43H54FN7O8. The largest absolute Gasteiger partial charge is 0.481 e. The van der Waals surface area contributed by atoms with E-state index in [0.29, 0.717) is 30.0 Å². The van der Waals surface area contributed by atoms with Gasteiger partial charge in [-0.3, -0.25) is 29.1 Å². The molecule has 0 aliphatic rings. The van der Waals surface area contributed by atoms with Gasteiger partial charge in [0.05, 0.1) is 29.8 Å². The number of carbonyl (C=O) groups is 6. The zero-order valence-electron chi connectivity index (χ0n) is 33.3. The lowest BCUT2D eigenvalue weighted by atomic mass is 10.0. The highest BCUT2D eigenvalue weighted by molar-refractivity contribution is 6.07. The maximum atomic E-state index is 14.1. The highest BCUT2D eigenvalue weighted by Crippen LogP contribution is 2.33. The molecule has 59 heavy (non-hydrogen) atoms. The molecule has 2 atom stereocenters. The van der Waals surface area contributed by atoms with Crippen molar-refractivity contribution in [1.82, 2.24) is 20.8 Å². The molecule has 0 aliphatic carbocycles. The monoisotopic (exact) mass is 815 g/mol. The maximum absolute atomic E-state index is 14.1. The van der Waals surface area contributed by atoms with Gasteiger partial charge >= 0.3 is 11.9 Å². The van der Waals surface area contributed by atoms with Gasteiger partial charge in [0.15, 0.2) is 5.82 Å². The number of aryl methyl sites for hydroxylation is 1. The van der Waals surface area contributed by atoms with E-state index in [1.165, 1.54) is 6.07 Å². The highest BCUT2D eigenvalue weighted by Gasteiger charge is 2.25. The molecule has 0 bridgehead atoms. The number of carbonyl (C=O) groups excluding carboxylic acids is 4.